The topological polar surface area (TPSA) is 85.8 Å². The Morgan fingerprint density at radius 3 is 2.95 bits per heavy atom. The first kappa shape index (κ1) is 13.4. The quantitative estimate of drug-likeness (QED) is 0.823. The van der Waals surface area contributed by atoms with Gasteiger partial charge in [0.2, 0.25) is 0 Å². The Labute approximate surface area is 115 Å². The van der Waals surface area contributed by atoms with Gasteiger partial charge >= 0.3 is 0 Å². The molecular formula is C12H15N5OS. The number of aryl methyl sites for hydroxylation is 1. The Hall–Kier alpha value is -2.02. The molecule has 0 saturated heterocycles. The monoisotopic (exact) mass is 277 g/mol. The van der Waals surface area contributed by atoms with E-state index in [2.05, 4.69) is 15.4 Å². The lowest BCUT2D eigenvalue weighted by atomic mass is 10.2. The SMILES string of the molecule is CCNC(=O)c1ccc(N)cc1Sc1ncnn1C. The van der Waals surface area contributed by atoms with Crippen LogP contribution in [0.5, 0.6) is 0 Å². The van der Waals surface area contributed by atoms with Crippen molar-refractivity contribution < 1.29 is 4.79 Å². The number of carbonyl (C=O) groups is 1. The minimum absolute atomic E-state index is 0.118. The molecule has 0 aliphatic carbocycles. The third-order valence-electron chi connectivity index (χ3n) is 2.46. The highest BCUT2D eigenvalue weighted by atomic mass is 32.2. The predicted octanol–water partition coefficient (Wildman–Crippen LogP) is 1.30. The lowest BCUT2D eigenvalue weighted by Crippen LogP contribution is -2.23. The van der Waals surface area contributed by atoms with Crippen molar-refractivity contribution in [2.24, 2.45) is 7.05 Å². The van der Waals surface area contributed by atoms with Crippen LogP contribution in [0.3, 0.4) is 0 Å². The summed E-state index contributed by atoms with van der Waals surface area (Å²) >= 11 is 1.36. The number of hydrogen-bond donors (Lipinski definition) is 2. The second-order valence-electron chi connectivity index (χ2n) is 3.88. The highest BCUT2D eigenvalue weighted by Crippen LogP contribution is 2.30. The fraction of sp³-hybridized carbons (Fsp3) is 0.250. The minimum Gasteiger partial charge on any atom is -0.399 e. The number of nitrogens with zero attached hydrogens (tertiary/aromatic N) is 3. The molecule has 0 aliphatic rings. The fourth-order valence-electron chi connectivity index (χ4n) is 1.54. The molecule has 1 heterocycles. The molecule has 2 aromatic rings. The van der Waals surface area contributed by atoms with Gasteiger partial charge in [-0.3, -0.25) is 4.79 Å². The predicted molar refractivity (Wildman–Crippen MR) is 74.0 cm³/mol. The molecule has 0 spiro atoms. The van der Waals surface area contributed by atoms with Crippen molar-refractivity contribution in [3.63, 3.8) is 0 Å². The van der Waals surface area contributed by atoms with Crippen LogP contribution in [0, 0.1) is 0 Å². The van der Waals surface area contributed by atoms with E-state index in [9.17, 15) is 4.79 Å². The van der Waals surface area contributed by atoms with Gasteiger partial charge in [0.1, 0.15) is 6.33 Å². The van der Waals surface area contributed by atoms with Crippen molar-refractivity contribution in [3.05, 3.63) is 30.1 Å². The Bertz CT molecular complexity index is 596. The summed E-state index contributed by atoms with van der Waals surface area (Å²) in [4.78, 5) is 16.9. The Morgan fingerprint density at radius 2 is 2.32 bits per heavy atom. The highest BCUT2D eigenvalue weighted by molar-refractivity contribution is 7.99. The van der Waals surface area contributed by atoms with E-state index in [-0.39, 0.29) is 5.91 Å². The smallest absolute Gasteiger partial charge is 0.252 e. The van der Waals surface area contributed by atoms with Crippen molar-refractivity contribution >= 4 is 23.4 Å². The van der Waals surface area contributed by atoms with Crippen LogP contribution < -0.4 is 11.1 Å². The molecule has 0 atom stereocenters. The number of nitrogens with two attached hydrogens (primary N) is 1. The minimum atomic E-state index is -0.118. The molecule has 6 nitrogen and oxygen atoms in total. The molecule has 7 heteroatoms. The Morgan fingerprint density at radius 1 is 1.53 bits per heavy atom. The molecule has 1 aromatic carbocycles. The molecule has 0 saturated carbocycles. The number of hydrogen-bond acceptors (Lipinski definition) is 5. The van der Waals surface area contributed by atoms with Gasteiger partial charge in [0.25, 0.3) is 5.91 Å². The summed E-state index contributed by atoms with van der Waals surface area (Å²) in [6.07, 6.45) is 1.47. The molecule has 0 fully saturated rings. The number of rotatable bonds is 4. The maximum Gasteiger partial charge on any atom is 0.252 e. The molecule has 0 unspecified atom stereocenters. The van der Waals surface area contributed by atoms with Crippen LogP contribution >= 0.6 is 11.8 Å². The maximum atomic E-state index is 12.0. The van der Waals surface area contributed by atoms with Gasteiger partial charge in [-0.2, -0.15) is 5.10 Å². The van der Waals surface area contributed by atoms with Gasteiger partial charge in [0.05, 0.1) is 5.56 Å². The van der Waals surface area contributed by atoms with Crippen LogP contribution in [0.15, 0.2) is 34.6 Å². The van der Waals surface area contributed by atoms with Gasteiger partial charge < -0.3 is 11.1 Å². The van der Waals surface area contributed by atoms with Crippen molar-refractivity contribution in [1.29, 1.82) is 0 Å². The number of amides is 1. The molecule has 1 amide bonds. The van der Waals surface area contributed by atoms with Crippen molar-refractivity contribution in [1.82, 2.24) is 20.1 Å². The van der Waals surface area contributed by atoms with E-state index in [0.29, 0.717) is 23.0 Å². The van der Waals surface area contributed by atoms with E-state index in [1.165, 1.54) is 18.1 Å². The number of aromatic nitrogens is 3. The van der Waals surface area contributed by atoms with Crippen LogP contribution in [0.2, 0.25) is 0 Å². The van der Waals surface area contributed by atoms with Crippen LogP contribution in [0.1, 0.15) is 17.3 Å². The first-order chi connectivity index (χ1) is 9.11. The Kier molecular flexibility index (Phi) is 4.06. The van der Waals surface area contributed by atoms with E-state index in [1.54, 1.807) is 29.9 Å². The normalized spacial score (nSPS) is 10.4. The fourth-order valence-corrected chi connectivity index (χ4v) is 2.48. The number of anilines is 1. The highest BCUT2D eigenvalue weighted by Gasteiger charge is 2.14. The summed E-state index contributed by atoms with van der Waals surface area (Å²) in [7, 11) is 1.80. The third-order valence-corrected chi connectivity index (χ3v) is 3.57. The standard InChI is InChI=1S/C12H15N5OS/c1-3-14-11(18)9-5-4-8(13)6-10(9)19-12-15-7-16-17(12)2/h4-7H,3,13H2,1-2H3,(H,14,18). The van der Waals surface area contributed by atoms with E-state index in [1.807, 2.05) is 6.92 Å². The summed E-state index contributed by atoms with van der Waals surface area (Å²) < 4.78 is 1.65. The largest absolute Gasteiger partial charge is 0.399 e. The summed E-state index contributed by atoms with van der Waals surface area (Å²) in [5.41, 5.74) is 6.98. The lowest BCUT2D eigenvalue weighted by molar-refractivity contribution is 0.0953. The molecule has 100 valence electrons. The van der Waals surface area contributed by atoms with Gasteiger partial charge in [-0.25, -0.2) is 9.67 Å². The van der Waals surface area contributed by atoms with Crippen LogP contribution in [0.4, 0.5) is 5.69 Å². The number of carbonyl (C=O) groups excluding carboxylic acids is 1. The second kappa shape index (κ2) is 5.75. The van der Waals surface area contributed by atoms with Gasteiger partial charge in [-0.1, -0.05) is 0 Å². The van der Waals surface area contributed by atoms with Gasteiger partial charge in [0, 0.05) is 24.2 Å². The van der Waals surface area contributed by atoms with Crippen LogP contribution in [-0.4, -0.2) is 27.2 Å². The number of nitrogens with one attached hydrogen (secondary N) is 1. The zero-order chi connectivity index (χ0) is 13.8. The van der Waals surface area contributed by atoms with Gasteiger partial charge in [0.15, 0.2) is 5.16 Å². The lowest BCUT2D eigenvalue weighted by Gasteiger charge is -2.09. The summed E-state index contributed by atoms with van der Waals surface area (Å²) in [5.74, 6) is -0.118. The van der Waals surface area contributed by atoms with Crippen molar-refractivity contribution in [3.8, 4) is 0 Å². The maximum absolute atomic E-state index is 12.0. The first-order valence-electron chi connectivity index (χ1n) is 5.81. The average molecular weight is 277 g/mol. The second-order valence-corrected chi connectivity index (χ2v) is 4.89. The van der Waals surface area contributed by atoms with Crippen molar-refractivity contribution in [2.45, 2.75) is 17.0 Å². The Balaban J connectivity index is 2.35. The van der Waals surface area contributed by atoms with E-state index in [0.717, 1.165) is 4.90 Å². The molecule has 0 aliphatic heterocycles. The molecular weight excluding hydrogens is 262 g/mol. The zero-order valence-electron chi connectivity index (χ0n) is 10.8. The number of nitrogen functional groups attached to an aromatic ring is 1. The van der Waals surface area contributed by atoms with E-state index >= 15 is 0 Å². The van der Waals surface area contributed by atoms with Gasteiger partial charge in [-0.15, -0.1) is 0 Å². The summed E-state index contributed by atoms with van der Waals surface area (Å²) in [6, 6.07) is 5.20. The van der Waals surface area contributed by atoms with E-state index < -0.39 is 0 Å². The molecule has 1 aromatic heterocycles. The van der Waals surface area contributed by atoms with E-state index in [4.69, 9.17) is 5.73 Å². The third kappa shape index (κ3) is 3.05. The molecule has 3 N–H and O–H groups in total. The molecule has 2 rings (SSSR count). The molecule has 0 radical (unpaired) electrons. The number of benzene rings is 1. The average Bonchev–Trinajstić information content (AvgIpc) is 2.75. The van der Waals surface area contributed by atoms with Crippen molar-refractivity contribution in [2.75, 3.05) is 12.3 Å². The summed E-state index contributed by atoms with van der Waals surface area (Å²) in [5, 5.41) is 7.48. The summed E-state index contributed by atoms with van der Waals surface area (Å²) in [6.45, 7) is 2.46. The van der Waals surface area contributed by atoms with Crippen LogP contribution in [0.25, 0.3) is 0 Å². The first-order valence-corrected chi connectivity index (χ1v) is 6.63. The van der Waals surface area contributed by atoms with Gasteiger partial charge in [-0.05, 0) is 36.9 Å². The zero-order valence-corrected chi connectivity index (χ0v) is 11.6. The molecule has 19 heavy (non-hydrogen) atoms. The van der Waals surface area contributed by atoms with Crippen LogP contribution in [-0.2, 0) is 7.05 Å². The molecule has 0 bridgehead atoms.